The predicted octanol–water partition coefficient (Wildman–Crippen LogP) is 5.63. The fourth-order valence-corrected chi connectivity index (χ4v) is 4.97. The lowest BCUT2D eigenvalue weighted by molar-refractivity contribution is 0.0350. The molecule has 1 aromatic carbocycles. The Kier molecular flexibility index (Phi) is 8.67. The minimum Gasteiger partial charge on any atom is -0.444 e. The summed E-state index contributed by atoms with van der Waals surface area (Å²) < 4.78 is 12.0. The first-order valence-electron chi connectivity index (χ1n) is 11.0. The van der Waals surface area contributed by atoms with Crippen molar-refractivity contribution in [3.63, 3.8) is 0 Å². The normalized spacial score (nSPS) is 14.7. The average Bonchev–Trinajstić information content (AvgIpc) is 3.18. The maximum Gasteiger partial charge on any atom is 0.407 e. The van der Waals surface area contributed by atoms with E-state index in [1.807, 2.05) is 44.4 Å². The summed E-state index contributed by atoms with van der Waals surface area (Å²) in [6.07, 6.45) is 1.22. The van der Waals surface area contributed by atoms with Crippen LogP contribution in [0.2, 0.25) is 18.1 Å². The second-order valence-electron chi connectivity index (χ2n) is 10.6. The van der Waals surface area contributed by atoms with E-state index < -0.39 is 32.2 Å². The van der Waals surface area contributed by atoms with Crippen LogP contribution < -0.4 is 5.32 Å². The van der Waals surface area contributed by atoms with Crippen LogP contribution in [0.3, 0.4) is 0 Å². The molecular formula is C24H38N2O4SSi. The van der Waals surface area contributed by atoms with E-state index in [2.05, 4.69) is 50.2 Å². The summed E-state index contributed by atoms with van der Waals surface area (Å²) in [5, 5.41) is 16.1. The molecule has 1 heterocycles. The average molecular weight is 479 g/mol. The fraction of sp³-hybridized carbons (Fsp3) is 0.583. The van der Waals surface area contributed by atoms with Gasteiger partial charge in [0.1, 0.15) is 10.6 Å². The maximum absolute atomic E-state index is 12.6. The van der Waals surface area contributed by atoms with Gasteiger partial charge in [-0.1, -0.05) is 39.0 Å². The van der Waals surface area contributed by atoms with E-state index in [1.165, 1.54) is 0 Å². The summed E-state index contributed by atoms with van der Waals surface area (Å²) in [6, 6.07) is 7.65. The molecule has 178 valence electrons. The van der Waals surface area contributed by atoms with Gasteiger partial charge < -0.3 is 19.6 Å². The summed E-state index contributed by atoms with van der Waals surface area (Å²) >= 11 is 1.58. The topological polar surface area (TPSA) is 80.7 Å². The van der Waals surface area contributed by atoms with Crippen LogP contribution in [0.15, 0.2) is 35.8 Å². The molecule has 1 amide bonds. The Labute approximate surface area is 197 Å². The number of hydrogen-bond acceptors (Lipinski definition) is 6. The number of benzene rings is 1. The van der Waals surface area contributed by atoms with Gasteiger partial charge in [-0.15, -0.1) is 11.3 Å². The number of aliphatic hydroxyl groups is 1. The smallest absolute Gasteiger partial charge is 0.407 e. The number of amides is 1. The number of hydrogen-bond donors (Lipinski definition) is 2. The Morgan fingerprint density at radius 2 is 1.91 bits per heavy atom. The van der Waals surface area contributed by atoms with Gasteiger partial charge in [-0.05, 0) is 57.0 Å². The molecule has 2 rings (SSSR count). The van der Waals surface area contributed by atoms with E-state index in [1.54, 1.807) is 17.5 Å². The highest BCUT2D eigenvalue weighted by atomic mass is 32.1. The number of carbonyl (C=O) groups is 1. The Hall–Kier alpha value is -1.74. The van der Waals surface area contributed by atoms with Crippen molar-refractivity contribution >= 4 is 25.7 Å². The molecule has 0 saturated heterocycles. The molecule has 0 aliphatic rings. The molecule has 8 heteroatoms. The Bertz CT molecular complexity index is 873. The fourth-order valence-electron chi connectivity index (χ4n) is 2.99. The molecule has 2 N–H and O–H groups in total. The summed E-state index contributed by atoms with van der Waals surface area (Å²) in [7, 11) is -2.18. The number of aliphatic hydroxyl groups excluding tert-OH is 1. The number of rotatable bonds is 8. The minimum absolute atomic E-state index is 0.0261. The maximum atomic E-state index is 12.6. The van der Waals surface area contributed by atoms with Crippen LogP contribution in [-0.4, -0.2) is 48.9 Å². The number of nitrogens with one attached hydrogen (secondary N) is 1. The second kappa shape index (κ2) is 10.5. The van der Waals surface area contributed by atoms with E-state index in [4.69, 9.17) is 9.16 Å². The molecule has 0 aliphatic carbocycles. The zero-order valence-electron chi connectivity index (χ0n) is 20.6. The first-order valence-corrected chi connectivity index (χ1v) is 14.8. The third-order valence-corrected chi connectivity index (χ3v) is 11.0. The van der Waals surface area contributed by atoms with Gasteiger partial charge in [0, 0.05) is 17.1 Å². The molecule has 32 heavy (non-hydrogen) atoms. The van der Waals surface area contributed by atoms with Crippen molar-refractivity contribution in [1.29, 1.82) is 0 Å². The highest BCUT2D eigenvalue weighted by Crippen LogP contribution is 2.37. The predicted molar refractivity (Wildman–Crippen MR) is 134 cm³/mol. The van der Waals surface area contributed by atoms with Crippen molar-refractivity contribution < 1.29 is 19.1 Å². The van der Waals surface area contributed by atoms with Crippen molar-refractivity contribution in [1.82, 2.24) is 10.3 Å². The molecule has 0 unspecified atom stereocenters. The van der Waals surface area contributed by atoms with Gasteiger partial charge in [0.25, 0.3) is 0 Å². The number of alkyl carbamates (subject to hydrolysis) is 1. The lowest BCUT2D eigenvalue weighted by Gasteiger charge is -2.41. The SMILES string of the molecule is CC(C)(C)OC(=O)N[C@@H](Cc1cccc(-c2nccs2)c1)[C@@H](CO)O[Si](C)(C)C(C)(C)C. The number of thiazole rings is 1. The molecule has 0 saturated carbocycles. The highest BCUT2D eigenvalue weighted by Gasteiger charge is 2.41. The molecule has 0 radical (unpaired) electrons. The molecular weight excluding hydrogens is 440 g/mol. The number of ether oxygens (including phenoxy) is 1. The zero-order chi connectivity index (χ0) is 24.2. The number of carbonyl (C=O) groups excluding carboxylic acids is 1. The Balaban J connectivity index is 2.31. The van der Waals surface area contributed by atoms with Crippen LogP contribution in [0.25, 0.3) is 10.6 Å². The lowest BCUT2D eigenvalue weighted by atomic mass is 10.00. The molecule has 0 spiro atoms. The summed E-state index contributed by atoms with van der Waals surface area (Å²) in [5.41, 5.74) is 1.43. The second-order valence-corrected chi connectivity index (χ2v) is 16.2. The van der Waals surface area contributed by atoms with Gasteiger partial charge in [0.15, 0.2) is 8.32 Å². The quantitative estimate of drug-likeness (QED) is 0.481. The monoisotopic (exact) mass is 478 g/mol. The minimum atomic E-state index is -2.18. The largest absolute Gasteiger partial charge is 0.444 e. The van der Waals surface area contributed by atoms with Gasteiger partial charge in [-0.25, -0.2) is 9.78 Å². The standard InChI is InChI=1S/C24H38N2O4SSi/c1-23(2,3)29-22(28)26-19(20(16-27)30-32(7,8)24(4,5)6)15-17-10-9-11-18(14-17)21-25-12-13-31-21/h9-14,19-20,27H,15-16H2,1-8H3,(H,26,28)/t19-,20+/m0/s1. The first-order chi connectivity index (χ1) is 14.7. The van der Waals surface area contributed by atoms with Crippen molar-refractivity contribution in [2.75, 3.05) is 6.61 Å². The van der Waals surface area contributed by atoms with Gasteiger partial charge in [-0.2, -0.15) is 0 Å². The van der Waals surface area contributed by atoms with Crippen molar-refractivity contribution in [2.45, 2.75) is 83.8 Å². The Morgan fingerprint density at radius 3 is 2.44 bits per heavy atom. The third kappa shape index (κ3) is 7.69. The molecule has 2 atom stereocenters. The van der Waals surface area contributed by atoms with Crippen LogP contribution in [0.5, 0.6) is 0 Å². The lowest BCUT2D eigenvalue weighted by Crippen LogP contribution is -2.54. The molecule has 0 bridgehead atoms. The molecule has 2 aromatic rings. The van der Waals surface area contributed by atoms with E-state index in [0.717, 1.165) is 16.1 Å². The van der Waals surface area contributed by atoms with Gasteiger partial charge in [0.2, 0.25) is 0 Å². The zero-order valence-corrected chi connectivity index (χ0v) is 22.4. The van der Waals surface area contributed by atoms with E-state index >= 15 is 0 Å². The van der Waals surface area contributed by atoms with Gasteiger partial charge in [-0.3, -0.25) is 0 Å². The Morgan fingerprint density at radius 1 is 1.22 bits per heavy atom. The van der Waals surface area contributed by atoms with E-state index in [9.17, 15) is 9.90 Å². The van der Waals surface area contributed by atoms with Crippen molar-refractivity contribution in [3.05, 3.63) is 41.4 Å². The summed E-state index contributed by atoms with van der Waals surface area (Å²) in [6.45, 7) is 16.0. The van der Waals surface area contributed by atoms with Crippen molar-refractivity contribution in [2.24, 2.45) is 0 Å². The highest BCUT2D eigenvalue weighted by molar-refractivity contribution is 7.13. The van der Waals surface area contributed by atoms with Gasteiger partial charge in [0.05, 0.1) is 18.8 Å². The van der Waals surface area contributed by atoms with Gasteiger partial charge >= 0.3 is 6.09 Å². The third-order valence-electron chi connectivity index (χ3n) is 5.64. The van der Waals surface area contributed by atoms with Crippen LogP contribution in [-0.2, 0) is 15.6 Å². The van der Waals surface area contributed by atoms with Crippen molar-refractivity contribution in [3.8, 4) is 10.6 Å². The first kappa shape index (κ1) is 26.5. The van der Waals surface area contributed by atoms with Crippen LogP contribution in [0.4, 0.5) is 4.79 Å². The van der Waals surface area contributed by atoms with E-state index in [-0.39, 0.29) is 11.6 Å². The van der Waals surface area contributed by atoms with Crippen LogP contribution in [0, 0.1) is 0 Å². The van der Waals surface area contributed by atoms with E-state index in [0.29, 0.717) is 6.42 Å². The van der Waals surface area contributed by atoms with Crippen LogP contribution >= 0.6 is 11.3 Å². The molecule has 0 aliphatic heterocycles. The van der Waals surface area contributed by atoms with Crippen LogP contribution in [0.1, 0.15) is 47.1 Å². The number of nitrogens with zero attached hydrogens (tertiary/aromatic N) is 1. The molecule has 1 aromatic heterocycles. The summed E-state index contributed by atoms with van der Waals surface area (Å²) in [4.78, 5) is 17.0. The summed E-state index contributed by atoms with van der Waals surface area (Å²) in [5.74, 6) is 0. The number of aromatic nitrogens is 1. The molecule has 6 nitrogen and oxygen atoms in total. The molecule has 0 fully saturated rings.